The minimum atomic E-state index is -4.81. The summed E-state index contributed by atoms with van der Waals surface area (Å²) in [5.41, 5.74) is -1.55. The fourth-order valence-corrected chi connectivity index (χ4v) is 2.01. The van der Waals surface area contributed by atoms with Gasteiger partial charge in [-0.1, -0.05) is 11.2 Å². The van der Waals surface area contributed by atoms with Crippen molar-refractivity contribution in [3.8, 4) is 22.9 Å². The summed E-state index contributed by atoms with van der Waals surface area (Å²) in [6, 6.07) is 4.71. The lowest BCUT2D eigenvalue weighted by atomic mass is 10.1. The van der Waals surface area contributed by atoms with Crippen LogP contribution in [0.1, 0.15) is 17.9 Å². The number of ether oxygens (including phenoxy) is 1. The van der Waals surface area contributed by atoms with Crippen LogP contribution < -0.4 is 4.74 Å². The van der Waals surface area contributed by atoms with Gasteiger partial charge in [0.05, 0.1) is 5.56 Å². The van der Waals surface area contributed by atoms with Crippen LogP contribution in [0.3, 0.4) is 0 Å². The highest BCUT2D eigenvalue weighted by Gasteiger charge is 2.36. The van der Waals surface area contributed by atoms with Crippen molar-refractivity contribution in [1.82, 2.24) is 15.1 Å². The first kappa shape index (κ1) is 17.7. The number of nitrogens with zero attached hydrogens (tertiary/aromatic N) is 3. The Labute approximate surface area is 141 Å². The monoisotopic (exact) mass is 375 g/mol. The van der Waals surface area contributed by atoms with Crippen molar-refractivity contribution >= 4 is 0 Å². The van der Waals surface area contributed by atoms with Crippen LogP contribution in [0.5, 0.6) is 11.6 Å². The maximum Gasteiger partial charge on any atom is 0.452 e. The van der Waals surface area contributed by atoms with Gasteiger partial charge in [0.15, 0.2) is 0 Å². The van der Waals surface area contributed by atoms with E-state index in [0.29, 0.717) is 6.07 Å². The summed E-state index contributed by atoms with van der Waals surface area (Å²) in [4.78, 5) is 6.95. The molecular weight excluding hydrogens is 368 g/mol. The molecule has 11 heteroatoms. The van der Waals surface area contributed by atoms with Crippen molar-refractivity contribution in [2.75, 3.05) is 0 Å². The van der Waals surface area contributed by atoms with Gasteiger partial charge in [-0.3, -0.25) is 0 Å². The molecule has 0 radical (unpaired) electrons. The van der Waals surface area contributed by atoms with Crippen molar-refractivity contribution in [1.29, 1.82) is 0 Å². The van der Waals surface area contributed by atoms with Crippen LogP contribution >= 0.6 is 0 Å². The highest BCUT2D eigenvalue weighted by molar-refractivity contribution is 5.68. The molecule has 2 aromatic heterocycles. The summed E-state index contributed by atoms with van der Waals surface area (Å²) < 4.78 is 86.8. The van der Waals surface area contributed by atoms with E-state index in [1.165, 1.54) is 12.1 Å². The van der Waals surface area contributed by atoms with E-state index in [2.05, 4.69) is 19.6 Å². The van der Waals surface area contributed by atoms with Gasteiger partial charge >= 0.3 is 6.18 Å². The molecule has 0 N–H and O–H groups in total. The Morgan fingerprint density at radius 1 is 1.08 bits per heavy atom. The molecule has 5 nitrogen and oxygen atoms in total. The Hall–Kier alpha value is -3.11. The highest BCUT2D eigenvalue weighted by atomic mass is 19.4. The number of benzene rings is 1. The summed E-state index contributed by atoms with van der Waals surface area (Å²) in [6.07, 6.45) is -6.89. The Kier molecular flexibility index (Phi) is 4.53. The second-order valence-corrected chi connectivity index (χ2v) is 4.87. The van der Waals surface area contributed by atoms with Gasteiger partial charge in [-0.05, 0) is 12.1 Å². The molecule has 2 heterocycles. The van der Waals surface area contributed by atoms with Crippen LogP contribution in [-0.2, 0) is 6.18 Å². The highest BCUT2D eigenvalue weighted by Crippen LogP contribution is 2.38. The van der Waals surface area contributed by atoms with E-state index in [4.69, 9.17) is 4.74 Å². The van der Waals surface area contributed by atoms with Crippen LogP contribution in [0.15, 0.2) is 41.2 Å². The van der Waals surface area contributed by atoms with Crippen molar-refractivity contribution in [2.45, 2.75) is 12.6 Å². The number of halogens is 6. The first-order chi connectivity index (χ1) is 12.3. The molecule has 0 amide bonds. The quantitative estimate of drug-likeness (QED) is 0.600. The third-order valence-electron chi connectivity index (χ3n) is 3.12. The number of hydrogen-bond acceptors (Lipinski definition) is 5. The van der Waals surface area contributed by atoms with Crippen molar-refractivity contribution in [3.63, 3.8) is 0 Å². The summed E-state index contributed by atoms with van der Waals surface area (Å²) in [6.45, 7) is 0. The lowest BCUT2D eigenvalue weighted by Gasteiger charge is -2.10. The Morgan fingerprint density at radius 3 is 2.50 bits per heavy atom. The molecule has 0 aliphatic rings. The second-order valence-electron chi connectivity index (χ2n) is 4.87. The molecule has 136 valence electrons. The van der Waals surface area contributed by atoms with Crippen LogP contribution in [0.25, 0.3) is 11.3 Å². The molecule has 0 aliphatic carbocycles. The van der Waals surface area contributed by atoms with Gasteiger partial charge in [-0.25, -0.2) is 23.1 Å². The van der Waals surface area contributed by atoms with E-state index in [-0.39, 0.29) is 11.6 Å². The lowest BCUT2D eigenvalue weighted by Crippen LogP contribution is -2.02. The van der Waals surface area contributed by atoms with Gasteiger partial charge in [0.2, 0.25) is 11.6 Å². The van der Waals surface area contributed by atoms with Crippen molar-refractivity contribution < 1.29 is 35.6 Å². The molecule has 0 saturated carbocycles. The van der Waals surface area contributed by atoms with Gasteiger partial charge in [0.25, 0.3) is 6.43 Å². The Balaban J connectivity index is 2.01. The summed E-state index contributed by atoms with van der Waals surface area (Å²) >= 11 is 0. The van der Waals surface area contributed by atoms with Crippen LogP contribution in [-0.4, -0.2) is 15.1 Å². The molecule has 0 fully saturated rings. The van der Waals surface area contributed by atoms with Crippen LogP contribution in [0.2, 0.25) is 0 Å². The van der Waals surface area contributed by atoms with Crippen molar-refractivity contribution in [2.24, 2.45) is 0 Å². The minimum absolute atomic E-state index is 0.286. The summed E-state index contributed by atoms with van der Waals surface area (Å²) in [7, 11) is 0. The fraction of sp³-hybridized carbons (Fsp3) is 0.133. The molecule has 0 bridgehead atoms. The van der Waals surface area contributed by atoms with Gasteiger partial charge in [-0.2, -0.15) is 13.2 Å². The molecule has 0 aliphatic heterocycles. The summed E-state index contributed by atoms with van der Waals surface area (Å²) in [5, 5.41) is 3.19. The predicted octanol–water partition coefficient (Wildman–Crippen LogP) is 5.02. The average Bonchev–Trinajstić information content (AvgIpc) is 3.05. The van der Waals surface area contributed by atoms with Gasteiger partial charge in [0, 0.05) is 12.1 Å². The normalized spacial score (nSPS) is 11.8. The van der Waals surface area contributed by atoms with E-state index in [0.717, 1.165) is 18.5 Å². The molecule has 26 heavy (non-hydrogen) atoms. The molecule has 1 aromatic carbocycles. The fourth-order valence-electron chi connectivity index (χ4n) is 2.01. The smallest absolute Gasteiger partial charge is 0.438 e. The maximum atomic E-state index is 14.2. The maximum absolute atomic E-state index is 14.2. The SMILES string of the molecule is Fc1cccc(Oc2cc(C(F)F)ncn2)c1-c1cc(C(F)(F)F)on1. The third-order valence-corrected chi connectivity index (χ3v) is 3.12. The molecule has 0 saturated heterocycles. The standard InChI is InChI=1S/C15H7F6N3O2/c16-7-2-1-3-10(25-12-5-9(14(17)18)22-6-23-12)13(7)8-4-11(26-24-8)15(19,20)21/h1-6,14H. The molecule has 3 aromatic rings. The predicted molar refractivity (Wildman–Crippen MR) is 74.0 cm³/mol. The number of alkyl halides is 5. The topological polar surface area (TPSA) is 61.0 Å². The number of rotatable bonds is 4. The van der Waals surface area contributed by atoms with E-state index >= 15 is 0 Å². The first-order valence-corrected chi connectivity index (χ1v) is 6.86. The van der Waals surface area contributed by atoms with E-state index in [1.807, 2.05) is 0 Å². The molecular formula is C15H7F6N3O2. The zero-order valence-corrected chi connectivity index (χ0v) is 12.5. The third kappa shape index (κ3) is 3.60. The van der Waals surface area contributed by atoms with Crippen LogP contribution in [0.4, 0.5) is 26.3 Å². The number of hydrogen-bond donors (Lipinski definition) is 0. The van der Waals surface area contributed by atoms with Crippen molar-refractivity contribution in [3.05, 3.63) is 53.9 Å². The van der Waals surface area contributed by atoms with Crippen LogP contribution in [0, 0.1) is 5.82 Å². The van der Waals surface area contributed by atoms with Gasteiger partial charge in [0.1, 0.15) is 29.3 Å². The second kappa shape index (κ2) is 6.65. The number of aromatic nitrogens is 3. The molecule has 3 rings (SSSR count). The van der Waals surface area contributed by atoms with Gasteiger partial charge in [-0.15, -0.1) is 0 Å². The average molecular weight is 375 g/mol. The molecule has 0 unspecified atom stereocenters. The molecule has 0 atom stereocenters. The van der Waals surface area contributed by atoms with Gasteiger partial charge < -0.3 is 9.26 Å². The Morgan fingerprint density at radius 2 is 1.85 bits per heavy atom. The van der Waals surface area contributed by atoms with E-state index in [1.54, 1.807) is 0 Å². The zero-order valence-electron chi connectivity index (χ0n) is 12.5. The van der Waals surface area contributed by atoms with E-state index < -0.39 is 41.1 Å². The zero-order chi connectivity index (χ0) is 18.9. The largest absolute Gasteiger partial charge is 0.452 e. The minimum Gasteiger partial charge on any atom is -0.438 e. The molecule has 0 spiro atoms. The Bertz CT molecular complexity index is 926. The lowest BCUT2D eigenvalue weighted by molar-refractivity contribution is -0.155. The summed E-state index contributed by atoms with van der Waals surface area (Å²) in [5.74, 6) is -3.01. The first-order valence-electron chi connectivity index (χ1n) is 6.86. The van der Waals surface area contributed by atoms with E-state index in [9.17, 15) is 26.3 Å².